The van der Waals surface area contributed by atoms with Crippen LogP contribution in [0, 0.1) is 5.92 Å². The van der Waals surface area contributed by atoms with Crippen LogP contribution in [0.25, 0.3) is 11.1 Å². The molecule has 1 aliphatic carbocycles. The average Bonchev–Trinajstić information content (AvgIpc) is 3.32. The van der Waals surface area contributed by atoms with Crippen LogP contribution in [0.3, 0.4) is 0 Å². The average molecular weight is 566 g/mol. The zero-order chi connectivity index (χ0) is 28.9. The van der Waals surface area contributed by atoms with Gasteiger partial charge in [0.15, 0.2) is 0 Å². The van der Waals surface area contributed by atoms with Gasteiger partial charge in [-0.15, -0.1) is 0 Å². The summed E-state index contributed by atoms with van der Waals surface area (Å²) in [5, 5.41) is 23.3. The molecule has 214 valence electrons. The highest BCUT2D eigenvalue weighted by Gasteiger charge is 2.29. The number of aryl methyl sites for hydroxylation is 1. The molecule has 8 nitrogen and oxygen atoms in total. The second-order valence-corrected chi connectivity index (χ2v) is 13.5. The minimum atomic E-state index is -3.92. The van der Waals surface area contributed by atoms with Crippen LogP contribution in [-0.4, -0.2) is 65.7 Å². The highest BCUT2D eigenvalue weighted by Crippen LogP contribution is 2.32. The number of aliphatic hydroxyl groups is 1. The van der Waals surface area contributed by atoms with Gasteiger partial charge in [0.2, 0.25) is 10.0 Å². The third-order valence-electron chi connectivity index (χ3n) is 7.58. The van der Waals surface area contributed by atoms with Crippen LogP contribution < -0.4 is 5.32 Å². The minimum absolute atomic E-state index is 0.0156. The number of hydrogen-bond donors (Lipinski definition) is 3. The van der Waals surface area contributed by atoms with Crippen molar-refractivity contribution < 1.29 is 23.4 Å². The van der Waals surface area contributed by atoms with Crippen LogP contribution in [0.1, 0.15) is 43.4 Å². The van der Waals surface area contributed by atoms with Crippen LogP contribution in [0.5, 0.6) is 0 Å². The Bertz CT molecular complexity index is 1420. The Morgan fingerprint density at radius 3 is 2.42 bits per heavy atom. The molecule has 0 saturated heterocycles. The molecule has 0 radical (unpaired) electrons. The number of rotatable bonds is 13. The van der Waals surface area contributed by atoms with E-state index in [0.717, 1.165) is 34.7 Å². The van der Waals surface area contributed by atoms with Gasteiger partial charge in [0.1, 0.15) is 4.90 Å². The molecule has 0 spiro atoms. The van der Waals surface area contributed by atoms with Crippen molar-refractivity contribution in [3.63, 3.8) is 0 Å². The van der Waals surface area contributed by atoms with Gasteiger partial charge in [-0.25, -0.2) is 8.42 Å². The molecule has 0 fully saturated rings. The van der Waals surface area contributed by atoms with E-state index in [-0.39, 0.29) is 29.9 Å². The number of nitrogens with one attached hydrogen (secondary N) is 1. The molecule has 0 bridgehead atoms. The lowest BCUT2D eigenvalue weighted by atomic mass is 9.88. The number of nitrogens with zero attached hydrogens (tertiary/aromatic N) is 2. The number of β-amino-alcohol motifs (C(OH)–C–C–N with tert-alkyl or cyclic N) is 1. The standard InChI is InChI=1S/C31H39N3O5S/c1-31(2,17-22-14-24-9-4-5-10-25(24)15-22)33-19-27(35)21-34(3)40(38,39)28-16-26(18-32-20-28)29-11-7-6-8-23(29)12-13-30(36)37/h4-11,16,18,20,22,27,33,35H,12-15,17,19,21H2,1-3H3,(H,36,37)/t27-/m1/s1. The number of likely N-dealkylation sites (N-methyl/N-ethyl adjacent to an activating group) is 1. The molecular weight excluding hydrogens is 526 g/mol. The molecule has 0 saturated carbocycles. The zero-order valence-corrected chi connectivity index (χ0v) is 24.2. The Labute approximate surface area is 237 Å². The lowest BCUT2D eigenvalue weighted by molar-refractivity contribution is -0.136. The van der Waals surface area contributed by atoms with Gasteiger partial charge < -0.3 is 15.5 Å². The quantitative estimate of drug-likeness (QED) is 0.287. The zero-order valence-electron chi connectivity index (χ0n) is 23.4. The van der Waals surface area contributed by atoms with Crippen molar-refractivity contribution in [2.75, 3.05) is 20.1 Å². The lowest BCUT2D eigenvalue weighted by Crippen LogP contribution is -2.47. The van der Waals surface area contributed by atoms with Gasteiger partial charge in [-0.2, -0.15) is 4.31 Å². The van der Waals surface area contributed by atoms with E-state index in [4.69, 9.17) is 5.11 Å². The number of aliphatic carboxylic acids is 1. The van der Waals surface area contributed by atoms with Crippen LogP contribution in [0.2, 0.25) is 0 Å². The van der Waals surface area contributed by atoms with Gasteiger partial charge >= 0.3 is 5.97 Å². The monoisotopic (exact) mass is 565 g/mol. The summed E-state index contributed by atoms with van der Waals surface area (Å²) < 4.78 is 27.9. The number of benzene rings is 2. The Morgan fingerprint density at radius 2 is 1.75 bits per heavy atom. The van der Waals surface area contributed by atoms with Gasteiger partial charge in [0, 0.05) is 50.1 Å². The van der Waals surface area contributed by atoms with E-state index in [0.29, 0.717) is 17.9 Å². The highest BCUT2D eigenvalue weighted by molar-refractivity contribution is 7.89. The number of aliphatic hydroxyl groups excluding tert-OH is 1. The molecule has 3 aromatic rings. The molecule has 1 heterocycles. The van der Waals surface area contributed by atoms with Crippen LogP contribution in [0.15, 0.2) is 71.9 Å². The van der Waals surface area contributed by atoms with Gasteiger partial charge in [-0.05, 0) is 73.8 Å². The van der Waals surface area contributed by atoms with Crippen molar-refractivity contribution in [1.82, 2.24) is 14.6 Å². The largest absolute Gasteiger partial charge is 0.481 e. The van der Waals surface area contributed by atoms with E-state index in [1.165, 1.54) is 24.4 Å². The molecule has 4 rings (SSSR count). The Hall–Kier alpha value is -3.11. The summed E-state index contributed by atoms with van der Waals surface area (Å²) in [4.78, 5) is 15.2. The number of carboxylic acid groups (broad SMARTS) is 1. The number of hydrogen-bond acceptors (Lipinski definition) is 6. The van der Waals surface area contributed by atoms with Crippen LogP contribution >= 0.6 is 0 Å². The van der Waals surface area contributed by atoms with Gasteiger partial charge in [0.25, 0.3) is 0 Å². The third kappa shape index (κ3) is 7.54. The van der Waals surface area contributed by atoms with Gasteiger partial charge in [-0.1, -0.05) is 48.5 Å². The molecule has 40 heavy (non-hydrogen) atoms. The molecule has 2 aromatic carbocycles. The molecule has 0 unspecified atom stereocenters. The number of fused-ring (bicyclic) bond motifs is 1. The first-order chi connectivity index (χ1) is 18.9. The van der Waals surface area contributed by atoms with E-state index in [9.17, 15) is 18.3 Å². The number of sulfonamides is 1. The van der Waals surface area contributed by atoms with E-state index in [1.807, 2.05) is 24.3 Å². The summed E-state index contributed by atoms with van der Waals surface area (Å²) in [5.74, 6) is -0.361. The van der Waals surface area contributed by atoms with Crippen molar-refractivity contribution in [1.29, 1.82) is 0 Å². The van der Waals surface area contributed by atoms with E-state index in [2.05, 4.69) is 48.4 Å². The maximum Gasteiger partial charge on any atom is 0.303 e. The number of pyridine rings is 1. The fourth-order valence-electron chi connectivity index (χ4n) is 5.59. The SMILES string of the molecule is CN(C[C@H](O)CNC(C)(C)CC1Cc2ccccc2C1)S(=O)(=O)c1cncc(-c2ccccc2CCC(=O)O)c1. The smallest absolute Gasteiger partial charge is 0.303 e. The fraction of sp³-hybridized carbons (Fsp3) is 0.419. The first kappa shape index (κ1) is 29.9. The minimum Gasteiger partial charge on any atom is -0.481 e. The van der Waals surface area contributed by atoms with Crippen molar-refractivity contribution in [3.05, 3.63) is 83.7 Å². The van der Waals surface area contributed by atoms with Gasteiger partial charge in [-0.3, -0.25) is 9.78 Å². The second-order valence-electron chi connectivity index (χ2n) is 11.4. The van der Waals surface area contributed by atoms with Crippen molar-refractivity contribution >= 4 is 16.0 Å². The summed E-state index contributed by atoms with van der Waals surface area (Å²) in [6.45, 7) is 4.44. The molecular formula is C31H39N3O5S. The van der Waals surface area contributed by atoms with E-state index in [1.54, 1.807) is 12.3 Å². The lowest BCUT2D eigenvalue weighted by Gasteiger charge is -2.31. The molecule has 0 aliphatic heterocycles. The van der Waals surface area contributed by atoms with Crippen LogP contribution in [-0.2, 0) is 34.1 Å². The predicted octanol–water partition coefficient (Wildman–Crippen LogP) is 3.92. The summed E-state index contributed by atoms with van der Waals surface area (Å²) >= 11 is 0. The van der Waals surface area contributed by atoms with Crippen molar-refractivity contribution in [2.45, 2.75) is 62.5 Å². The summed E-state index contributed by atoms with van der Waals surface area (Å²) in [6, 6.07) is 17.4. The normalized spacial score (nSPS) is 14.8. The molecule has 3 N–H and O–H groups in total. The first-order valence-corrected chi connectivity index (χ1v) is 15.1. The maximum absolute atomic E-state index is 13.4. The summed E-state index contributed by atoms with van der Waals surface area (Å²) in [5.41, 5.74) is 4.76. The fourth-order valence-corrected chi connectivity index (χ4v) is 6.79. The first-order valence-electron chi connectivity index (χ1n) is 13.7. The Morgan fingerprint density at radius 1 is 1.10 bits per heavy atom. The number of carbonyl (C=O) groups is 1. The van der Waals surface area contributed by atoms with E-state index < -0.39 is 22.1 Å². The molecule has 1 atom stereocenters. The number of carboxylic acids is 1. The number of aromatic nitrogens is 1. The molecule has 1 aromatic heterocycles. The summed E-state index contributed by atoms with van der Waals surface area (Å²) in [7, 11) is -2.47. The second kappa shape index (κ2) is 12.6. The van der Waals surface area contributed by atoms with Crippen molar-refractivity contribution in [3.8, 4) is 11.1 Å². The Kier molecular flexibility index (Phi) is 9.41. The van der Waals surface area contributed by atoms with E-state index >= 15 is 0 Å². The summed E-state index contributed by atoms with van der Waals surface area (Å²) in [6.07, 6.45) is 5.34. The molecule has 9 heteroatoms. The maximum atomic E-state index is 13.4. The highest BCUT2D eigenvalue weighted by atomic mass is 32.2. The topological polar surface area (TPSA) is 120 Å². The molecule has 1 aliphatic rings. The Balaban J connectivity index is 1.36. The third-order valence-corrected chi connectivity index (χ3v) is 9.37. The van der Waals surface area contributed by atoms with Gasteiger partial charge in [0.05, 0.1) is 6.10 Å². The molecule has 0 amide bonds. The van der Waals surface area contributed by atoms with Crippen LogP contribution in [0.4, 0.5) is 0 Å². The van der Waals surface area contributed by atoms with Crippen molar-refractivity contribution in [2.24, 2.45) is 5.92 Å². The predicted molar refractivity (Wildman–Crippen MR) is 155 cm³/mol.